The summed E-state index contributed by atoms with van der Waals surface area (Å²) in [6, 6.07) is 5.15. The molecule has 1 aliphatic heterocycles. The Hall–Kier alpha value is -2.08. The van der Waals surface area contributed by atoms with E-state index < -0.39 is 0 Å². The average Bonchev–Trinajstić information content (AvgIpc) is 2.47. The van der Waals surface area contributed by atoms with Crippen molar-refractivity contribution in [3.8, 4) is 0 Å². The number of rotatable bonds is 4. The van der Waals surface area contributed by atoms with Crippen LogP contribution in [0.15, 0.2) is 18.2 Å². The lowest BCUT2D eigenvalue weighted by atomic mass is 10.1. The van der Waals surface area contributed by atoms with Gasteiger partial charge >= 0.3 is 0 Å². The molecule has 1 heterocycles. The first kappa shape index (κ1) is 15.3. The molecule has 1 fully saturated rings. The van der Waals surface area contributed by atoms with Crippen LogP contribution in [0.3, 0.4) is 0 Å². The number of nitrogens with two attached hydrogens (primary N) is 1. The highest BCUT2D eigenvalue weighted by molar-refractivity contribution is 5.96. The lowest BCUT2D eigenvalue weighted by Gasteiger charge is -2.26. The molecule has 2 amide bonds. The minimum atomic E-state index is -0.178. The van der Waals surface area contributed by atoms with Crippen LogP contribution >= 0.6 is 0 Å². The molecule has 6 nitrogen and oxygen atoms in total. The van der Waals surface area contributed by atoms with E-state index in [0.717, 1.165) is 5.56 Å². The first-order chi connectivity index (χ1) is 10.1. The first-order valence-electron chi connectivity index (χ1n) is 7.08. The van der Waals surface area contributed by atoms with Gasteiger partial charge in [-0.2, -0.15) is 0 Å². The first-order valence-corrected chi connectivity index (χ1v) is 7.08. The third-order valence-corrected chi connectivity index (χ3v) is 3.48. The third kappa shape index (κ3) is 4.19. The van der Waals surface area contributed by atoms with Gasteiger partial charge in [0.1, 0.15) is 0 Å². The molecule has 3 N–H and O–H groups in total. The van der Waals surface area contributed by atoms with Crippen LogP contribution < -0.4 is 11.1 Å². The Labute approximate surface area is 124 Å². The molecule has 0 radical (unpaired) electrons. The molecule has 6 heteroatoms. The number of carbonyl (C=O) groups is 2. The maximum absolute atomic E-state index is 12.0. The molecule has 1 saturated heterocycles. The van der Waals surface area contributed by atoms with Crippen molar-refractivity contribution in [2.45, 2.75) is 13.3 Å². The molecule has 0 aromatic heterocycles. The summed E-state index contributed by atoms with van der Waals surface area (Å²) < 4.78 is 5.20. The quantitative estimate of drug-likeness (QED) is 0.794. The van der Waals surface area contributed by atoms with Gasteiger partial charge in [0.2, 0.25) is 5.91 Å². The highest BCUT2D eigenvalue weighted by Gasteiger charge is 2.16. The molecule has 0 saturated carbocycles. The van der Waals surface area contributed by atoms with Crippen molar-refractivity contribution in [2.75, 3.05) is 38.6 Å². The molecule has 0 bridgehead atoms. The van der Waals surface area contributed by atoms with E-state index in [-0.39, 0.29) is 11.8 Å². The van der Waals surface area contributed by atoms with Crippen molar-refractivity contribution in [1.29, 1.82) is 0 Å². The van der Waals surface area contributed by atoms with Crippen molar-refractivity contribution in [3.05, 3.63) is 29.3 Å². The van der Waals surface area contributed by atoms with Crippen molar-refractivity contribution in [2.24, 2.45) is 0 Å². The van der Waals surface area contributed by atoms with E-state index in [1.807, 2.05) is 6.92 Å². The second-order valence-corrected chi connectivity index (χ2v) is 5.07. The average molecular weight is 291 g/mol. The Kier molecular flexibility index (Phi) is 5.16. The molecule has 114 valence electrons. The number of nitrogens with one attached hydrogen (secondary N) is 1. The molecule has 2 rings (SSSR count). The Morgan fingerprint density at radius 2 is 2.05 bits per heavy atom. The fraction of sp³-hybridized carbons (Fsp3) is 0.467. The molecule has 0 spiro atoms. The molecule has 21 heavy (non-hydrogen) atoms. The highest BCUT2D eigenvalue weighted by atomic mass is 16.5. The summed E-state index contributed by atoms with van der Waals surface area (Å²) in [4.78, 5) is 25.7. The Balaban J connectivity index is 1.79. The molecule has 0 aliphatic carbocycles. The standard InChI is InChI=1S/C15H21N3O3/c1-11-10-12(16)2-3-13(11)15(20)17-5-4-14(19)18-6-8-21-9-7-18/h2-3,10H,4-9,16H2,1H3,(H,17,20). The van der Waals surface area contributed by atoms with Crippen LogP contribution in [-0.4, -0.2) is 49.6 Å². The Bertz CT molecular complexity index is 525. The zero-order valence-corrected chi connectivity index (χ0v) is 12.2. The molecular weight excluding hydrogens is 270 g/mol. The minimum Gasteiger partial charge on any atom is -0.399 e. The highest BCUT2D eigenvalue weighted by Crippen LogP contribution is 2.12. The van der Waals surface area contributed by atoms with Crippen molar-refractivity contribution in [3.63, 3.8) is 0 Å². The SMILES string of the molecule is Cc1cc(N)ccc1C(=O)NCCC(=O)N1CCOCC1. The van der Waals surface area contributed by atoms with Crippen LogP contribution in [0.1, 0.15) is 22.3 Å². The third-order valence-electron chi connectivity index (χ3n) is 3.48. The summed E-state index contributed by atoms with van der Waals surface area (Å²) in [6.45, 7) is 4.60. The second kappa shape index (κ2) is 7.08. The van der Waals surface area contributed by atoms with E-state index in [9.17, 15) is 9.59 Å². The van der Waals surface area contributed by atoms with Gasteiger partial charge in [-0.15, -0.1) is 0 Å². The number of anilines is 1. The van der Waals surface area contributed by atoms with Crippen LogP contribution in [0.25, 0.3) is 0 Å². The number of ether oxygens (including phenoxy) is 1. The van der Waals surface area contributed by atoms with Crippen LogP contribution in [0, 0.1) is 6.92 Å². The summed E-state index contributed by atoms with van der Waals surface area (Å²) >= 11 is 0. The maximum atomic E-state index is 12.0. The van der Waals surface area contributed by atoms with E-state index in [0.29, 0.717) is 50.5 Å². The Morgan fingerprint density at radius 3 is 2.71 bits per heavy atom. The summed E-state index contributed by atoms with van der Waals surface area (Å²) in [5, 5.41) is 2.77. The van der Waals surface area contributed by atoms with Crippen molar-refractivity contribution in [1.82, 2.24) is 10.2 Å². The lowest BCUT2D eigenvalue weighted by molar-refractivity contribution is -0.135. The van der Waals surface area contributed by atoms with Gasteiger partial charge in [0.15, 0.2) is 0 Å². The molecule has 1 aromatic rings. The van der Waals surface area contributed by atoms with E-state index >= 15 is 0 Å². The van der Waals surface area contributed by atoms with Gasteiger partial charge in [-0.3, -0.25) is 9.59 Å². The van der Waals surface area contributed by atoms with E-state index in [4.69, 9.17) is 10.5 Å². The van der Waals surface area contributed by atoms with Gasteiger partial charge in [0, 0.05) is 37.3 Å². The fourth-order valence-electron chi connectivity index (χ4n) is 2.29. The van der Waals surface area contributed by atoms with Crippen LogP contribution in [0.5, 0.6) is 0 Å². The predicted octanol–water partition coefficient (Wildman–Crippen LogP) is 0.556. The largest absolute Gasteiger partial charge is 0.399 e. The normalized spacial score (nSPS) is 14.8. The van der Waals surface area contributed by atoms with Gasteiger partial charge in [-0.25, -0.2) is 0 Å². The fourth-order valence-corrected chi connectivity index (χ4v) is 2.29. The second-order valence-electron chi connectivity index (χ2n) is 5.07. The number of morpholine rings is 1. The topological polar surface area (TPSA) is 84.7 Å². The van der Waals surface area contributed by atoms with Crippen molar-refractivity contribution < 1.29 is 14.3 Å². The summed E-state index contributed by atoms with van der Waals surface area (Å²) in [5.74, 6) is -0.130. The maximum Gasteiger partial charge on any atom is 0.251 e. The van der Waals surface area contributed by atoms with Gasteiger partial charge < -0.3 is 20.7 Å². The van der Waals surface area contributed by atoms with Crippen LogP contribution in [0.2, 0.25) is 0 Å². The minimum absolute atomic E-state index is 0.0487. The van der Waals surface area contributed by atoms with Gasteiger partial charge in [-0.1, -0.05) is 0 Å². The number of amides is 2. The number of nitrogens with zero attached hydrogens (tertiary/aromatic N) is 1. The van der Waals surface area contributed by atoms with Gasteiger partial charge in [-0.05, 0) is 30.7 Å². The lowest BCUT2D eigenvalue weighted by Crippen LogP contribution is -2.42. The zero-order valence-electron chi connectivity index (χ0n) is 12.2. The number of carbonyl (C=O) groups excluding carboxylic acids is 2. The molecule has 1 aromatic carbocycles. The summed E-state index contributed by atoms with van der Waals surface area (Å²) in [5.41, 5.74) is 7.70. The van der Waals surface area contributed by atoms with E-state index in [1.54, 1.807) is 23.1 Å². The number of hydrogen-bond donors (Lipinski definition) is 2. The van der Waals surface area contributed by atoms with E-state index in [1.165, 1.54) is 0 Å². The number of hydrogen-bond acceptors (Lipinski definition) is 4. The summed E-state index contributed by atoms with van der Waals surface area (Å²) in [6.07, 6.45) is 0.305. The predicted molar refractivity (Wildman–Crippen MR) is 79.9 cm³/mol. The zero-order chi connectivity index (χ0) is 15.2. The summed E-state index contributed by atoms with van der Waals surface area (Å²) in [7, 11) is 0. The van der Waals surface area contributed by atoms with E-state index in [2.05, 4.69) is 5.32 Å². The number of aryl methyl sites for hydroxylation is 1. The Morgan fingerprint density at radius 1 is 1.33 bits per heavy atom. The monoisotopic (exact) mass is 291 g/mol. The molecule has 1 aliphatic rings. The van der Waals surface area contributed by atoms with Crippen LogP contribution in [-0.2, 0) is 9.53 Å². The molecular formula is C15H21N3O3. The van der Waals surface area contributed by atoms with Gasteiger partial charge in [0.25, 0.3) is 5.91 Å². The van der Waals surface area contributed by atoms with Gasteiger partial charge in [0.05, 0.1) is 13.2 Å². The van der Waals surface area contributed by atoms with Crippen molar-refractivity contribution >= 4 is 17.5 Å². The smallest absolute Gasteiger partial charge is 0.251 e. The molecule has 0 unspecified atom stereocenters. The molecule has 0 atom stereocenters. The number of benzene rings is 1. The van der Waals surface area contributed by atoms with Crippen LogP contribution in [0.4, 0.5) is 5.69 Å². The number of nitrogen functional groups attached to an aromatic ring is 1.